The summed E-state index contributed by atoms with van der Waals surface area (Å²) in [5.41, 5.74) is 1.70. The predicted octanol–water partition coefficient (Wildman–Crippen LogP) is 2.24. The molecule has 0 bridgehead atoms. The monoisotopic (exact) mass is 259 g/mol. The third-order valence-corrected chi connectivity index (χ3v) is 2.60. The van der Waals surface area contributed by atoms with Crippen molar-refractivity contribution < 1.29 is 14.6 Å². The third-order valence-electron chi connectivity index (χ3n) is 2.60. The molecule has 6 nitrogen and oxygen atoms in total. The highest BCUT2D eigenvalue weighted by Crippen LogP contribution is 2.24. The maximum absolute atomic E-state index is 11.0. The quantitative estimate of drug-likeness (QED) is 0.875. The highest BCUT2D eigenvalue weighted by molar-refractivity contribution is 5.93. The molecule has 0 aliphatic carbocycles. The standard InChI is InChI=1S/C13H13N3O3/c1-8-5-9(3-4-11(8)19-2)16-12-10(13(17)18)6-14-7-15-12/h3-7H,1-2H3,(H,17,18)(H,14,15,16). The molecule has 6 heteroatoms. The minimum absolute atomic E-state index is 0.0240. The molecule has 1 heterocycles. The summed E-state index contributed by atoms with van der Waals surface area (Å²) in [5.74, 6) is -0.0490. The van der Waals surface area contributed by atoms with Crippen molar-refractivity contribution in [1.29, 1.82) is 0 Å². The molecule has 2 rings (SSSR count). The van der Waals surface area contributed by atoms with E-state index < -0.39 is 5.97 Å². The van der Waals surface area contributed by atoms with Crippen molar-refractivity contribution in [3.8, 4) is 5.75 Å². The largest absolute Gasteiger partial charge is 0.496 e. The lowest BCUT2D eigenvalue weighted by molar-refractivity contribution is 0.0697. The number of nitrogens with zero attached hydrogens (tertiary/aromatic N) is 2. The van der Waals surface area contributed by atoms with Gasteiger partial charge in [0.1, 0.15) is 23.5 Å². The summed E-state index contributed by atoms with van der Waals surface area (Å²) in [4.78, 5) is 18.7. The molecule has 98 valence electrons. The zero-order valence-corrected chi connectivity index (χ0v) is 10.5. The lowest BCUT2D eigenvalue weighted by atomic mass is 10.2. The molecule has 2 aromatic rings. The first kappa shape index (κ1) is 12.8. The minimum Gasteiger partial charge on any atom is -0.496 e. The van der Waals surface area contributed by atoms with E-state index in [4.69, 9.17) is 9.84 Å². The van der Waals surface area contributed by atoms with Gasteiger partial charge in [0, 0.05) is 11.9 Å². The Morgan fingerprint density at radius 1 is 1.42 bits per heavy atom. The number of carboxylic acids is 1. The molecule has 0 spiro atoms. The van der Waals surface area contributed by atoms with E-state index in [1.54, 1.807) is 19.2 Å². The number of carboxylic acid groups (broad SMARTS) is 1. The fraction of sp³-hybridized carbons (Fsp3) is 0.154. The number of hydrogen-bond donors (Lipinski definition) is 2. The van der Waals surface area contributed by atoms with Crippen LogP contribution in [0.3, 0.4) is 0 Å². The average Bonchev–Trinajstić information content (AvgIpc) is 2.39. The van der Waals surface area contributed by atoms with Gasteiger partial charge in [-0.1, -0.05) is 0 Å². The highest BCUT2D eigenvalue weighted by Gasteiger charge is 2.11. The molecule has 0 saturated heterocycles. The van der Waals surface area contributed by atoms with Crippen molar-refractivity contribution in [3.63, 3.8) is 0 Å². The van der Waals surface area contributed by atoms with E-state index in [1.807, 2.05) is 13.0 Å². The van der Waals surface area contributed by atoms with Gasteiger partial charge >= 0.3 is 5.97 Å². The van der Waals surface area contributed by atoms with Crippen LogP contribution in [0.4, 0.5) is 11.5 Å². The number of rotatable bonds is 4. The van der Waals surface area contributed by atoms with Gasteiger partial charge in [-0.15, -0.1) is 0 Å². The fourth-order valence-corrected chi connectivity index (χ4v) is 1.68. The normalized spacial score (nSPS) is 10.0. The molecule has 0 saturated carbocycles. The van der Waals surface area contributed by atoms with E-state index >= 15 is 0 Å². The van der Waals surface area contributed by atoms with E-state index in [0.29, 0.717) is 0 Å². The lowest BCUT2D eigenvalue weighted by Crippen LogP contribution is -2.05. The number of carbonyl (C=O) groups is 1. The Morgan fingerprint density at radius 2 is 2.21 bits per heavy atom. The van der Waals surface area contributed by atoms with Crippen molar-refractivity contribution in [2.45, 2.75) is 6.92 Å². The third kappa shape index (κ3) is 2.79. The van der Waals surface area contributed by atoms with Crippen molar-refractivity contribution >= 4 is 17.5 Å². The summed E-state index contributed by atoms with van der Waals surface area (Å²) >= 11 is 0. The molecule has 0 unspecified atom stereocenters. The second kappa shape index (κ2) is 5.34. The van der Waals surface area contributed by atoms with Crippen LogP contribution in [0.5, 0.6) is 5.75 Å². The smallest absolute Gasteiger partial charge is 0.341 e. The van der Waals surface area contributed by atoms with E-state index in [2.05, 4.69) is 15.3 Å². The second-order valence-electron chi connectivity index (χ2n) is 3.90. The van der Waals surface area contributed by atoms with Crippen molar-refractivity contribution in [2.75, 3.05) is 12.4 Å². The lowest BCUT2D eigenvalue weighted by Gasteiger charge is -2.10. The molecule has 0 aliphatic heterocycles. The number of aromatic nitrogens is 2. The Balaban J connectivity index is 2.31. The number of aryl methyl sites for hydroxylation is 1. The fourth-order valence-electron chi connectivity index (χ4n) is 1.68. The number of aromatic carboxylic acids is 1. The summed E-state index contributed by atoms with van der Waals surface area (Å²) in [6, 6.07) is 5.45. The predicted molar refractivity (Wildman–Crippen MR) is 70.0 cm³/mol. The first-order valence-corrected chi connectivity index (χ1v) is 5.57. The molecule has 1 aromatic carbocycles. The molecule has 2 N–H and O–H groups in total. The van der Waals surface area contributed by atoms with Gasteiger partial charge in [0.25, 0.3) is 0 Å². The van der Waals surface area contributed by atoms with Crippen molar-refractivity contribution in [3.05, 3.63) is 41.9 Å². The van der Waals surface area contributed by atoms with Gasteiger partial charge in [-0.05, 0) is 30.7 Å². The Morgan fingerprint density at radius 3 is 2.84 bits per heavy atom. The van der Waals surface area contributed by atoms with Crippen LogP contribution >= 0.6 is 0 Å². The van der Waals surface area contributed by atoms with Crippen molar-refractivity contribution in [1.82, 2.24) is 9.97 Å². The Labute approximate surface area is 110 Å². The first-order valence-electron chi connectivity index (χ1n) is 5.57. The van der Waals surface area contributed by atoms with Gasteiger partial charge < -0.3 is 15.2 Å². The summed E-state index contributed by atoms with van der Waals surface area (Å²) < 4.78 is 5.16. The average molecular weight is 259 g/mol. The van der Waals surface area contributed by atoms with Gasteiger partial charge in [-0.25, -0.2) is 14.8 Å². The number of anilines is 2. The molecule has 1 aromatic heterocycles. The number of nitrogens with one attached hydrogen (secondary N) is 1. The molecule has 0 aliphatic rings. The molecule has 0 radical (unpaired) electrons. The zero-order chi connectivity index (χ0) is 13.8. The maximum Gasteiger partial charge on any atom is 0.341 e. The van der Waals surface area contributed by atoms with Gasteiger partial charge in [-0.3, -0.25) is 0 Å². The van der Waals surface area contributed by atoms with E-state index in [1.165, 1.54) is 12.5 Å². The topological polar surface area (TPSA) is 84.3 Å². The summed E-state index contributed by atoms with van der Waals surface area (Å²) in [6.07, 6.45) is 2.55. The maximum atomic E-state index is 11.0. The van der Waals surface area contributed by atoms with Crippen LogP contribution in [0.2, 0.25) is 0 Å². The molecule has 19 heavy (non-hydrogen) atoms. The number of methoxy groups -OCH3 is 1. The summed E-state index contributed by atoms with van der Waals surface area (Å²) in [5, 5.41) is 12.0. The second-order valence-corrected chi connectivity index (χ2v) is 3.90. The highest BCUT2D eigenvalue weighted by atomic mass is 16.5. The van der Waals surface area contributed by atoms with Crippen LogP contribution in [0, 0.1) is 6.92 Å². The van der Waals surface area contributed by atoms with E-state index in [-0.39, 0.29) is 11.4 Å². The summed E-state index contributed by atoms with van der Waals surface area (Å²) in [7, 11) is 1.60. The zero-order valence-electron chi connectivity index (χ0n) is 10.5. The van der Waals surface area contributed by atoms with Gasteiger partial charge in [0.15, 0.2) is 0 Å². The molecule has 0 fully saturated rings. The van der Waals surface area contributed by atoms with E-state index in [9.17, 15) is 4.79 Å². The number of ether oxygens (including phenoxy) is 1. The van der Waals surface area contributed by atoms with Gasteiger partial charge in [-0.2, -0.15) is 0 Å². The molecular weight excluding hydrogens is 246 g/mol. The Bertz CT molecular complexity index is 614. The van der Waals surface area contributed by atoms with Crippen LogP contribution in [0.1, 0.15) is 15.9 Å². The van der Waals surface area contributed by atoms with E-state index in [0.717, 1.165) is 17.0 Å². The Hall–Kier alpha value is -2.63. The van der Waals surface area contributed by atoms with Gasteiger partial charge in [0.2, 0.25) is 0 Å². The van der Waals surface area contributed by atoms with Crippen LogP contribution in [0.25, 0.3) is 0 Å². The van der Waals surface area contributed by atoms with Crippen molar-refractivity contribution in [2.24, 2.45) is 0 Å². The molecular formula is C13H13N3O3. The Kier molecular flexibility index (Phi) is 3.61. The van der Waals surface area contributed by atoms with Crippen LogP contribution in [-0.2, 0) is 0 Å². The van der Waals surface area contributed by atoms with Crippen LogP contribution in [-0.4, -0.2) is 28.2 Å². The van der Waals surface area contributed by atoms with Crippen LogP contribution < -0.4 is 10.1 Å². The SMILES string of the molecule is COc1ccc(Nc2ncncc2C(=O)O)cc1C. The molecule has 0 amide bonds. The van der Waals surface area contributed by atoms with Gasteiger partial charge in [0.05, 0.1) is 7.11 Å². The first-order chi connectivity index (χ1) is 9.11. The number of benzene rings is 1. The molecule has 0 atom stereocenters. The number of hydrogen-bond acceptors (Lipinski definition) is 5. The minimum atomic E-state index is -1.08. The summed E-state index contributed by atoms with van der Waals surface area (Å²) in [6.45, 7) is 1.90. The van der Waals surface area contributed by atoms with Crippen LogP contribution in [0.15, 0.2) is 30.7 Å².